The SMILES string of the molecule is CSCC1(C)CCN(n2cnc3c2CC=N3)CC1. The summed E-state index contributed by atoms with van der Waals surface area (Å²) in [6, 6.07) is 0. The van der Waals surface area contributed by atoms with E-state index >= 15 is 0 Å². The summed E-state index contributed by atoms with van der Waals surface area (Å²) >= 11 is 1.97. The number of rotatable bonds is 3. The molecule has 0 bridgehead atoms. The van der Waals surface area contributed by atoms with Crippen LogP contribution in [-0.2, 0) is 6.42 Å². The Morgan fingerprint density at radius 2 is 2.17 bits per heavy atom. The van der Waals surface area contributed by atoms with Gasteiger partial charge in [0.2, 0.25) is 0 Å². The number of imidazole rings is 1. The molecule has 0 amide bonds. The summed E-state index contributed by atoms with van der Waals surface area (Å²) in [5, 5.41) is 2.42. The van der Waals surface area contributed by atoms with Gasteiger partial charge in [-0.25, -0.2) is 14.7 Å². The summed E-state index contributed by atoms with van der Waals surface area (Å²) in [6.07, 6.45) is 9.54. The number of thioether (sulfide) groups is 1. The zero-order valence-electron chi connectivity index (χ0n) is 11.1. The number of fused-ring (bicyclic) bond motifs is 1. The molecule has 98 valence electrons. The summed E-state index contributed by atoms with van der Waals surface area (Å²) in [6.45, 7) is 4.67. The average molecular weight is 264 g/mol. The largest absolute Gasteiger partial charge is 0.312 e. The van der Waals surface area contributed by atoms with Crippen LogP contribution in [0.25, 0.3) is 0 Å². The molecule has 0 unspecified atom stereocenters. The van der Waals surface area contributed by atoms with Crippen LogP contribution in [0.2, 0.25) is 0 Å². The van der Waals surface area contributed by atoms with Crippen molar-refractivity contribution in [2.24, 2.45) is 10.4 Å². The molecule has 0 N–H and O–H groups in total. The number of aromatic nitrogens is 2. The maximum atomic E-state index is 4.36. The van der Waals surface area contributed by atoms with Gasteiger partial charge in [0.25, 0.3) is 0 Å². The normalized spacial score (nSPS) is 21.3. The molecule has 1 saturated heterocycles. The van der Waals surface area contributed by atoms with E-state index < -0.39 is 0 Å². The standard InChI is InChI=1S/C13H20N4S/c1-13(9-18-2)4-7-16(8-5-13)17-10-15-12-11(17)3-6-14-12/h6,10H,3-5,7-9H2,1-2H3. The molecule has 0 aliphatic carbocycles. The van der Waals surface area contributed by atoms with Gasteiger partial charge in [-0.05, 0) is 30.3 Å². The van der Waals surface area contributed by atoms with Crippen molar-refractivity contribution in [1.29, 1.82) is 0 Å². The summed E-state index contributed by atoms with van der Waals surface area (Å²) in [4.78, 5) is 8.65. The quantitative estimate of drug-likeness (QED) is 0.839. The first kappa shape index (κ1) is 12.1. The molecule has 1 fully saturated rings. The molecule has 1 aromatic rings. The number of piperidine rings is 1. The van der Waals surface area contributed by atoms with Crippen LogP contribution in [0.15, 0.2) is 11.3 Å². The van der Waals surface area contributed by atoms with Crippen LogP contribution < -0.4 is 5.01 Å². The maximum Gasteiger partial charge on any atom is 0.175 e. The molecule has 0 spiro atoms. The van der Waals surface area contributed by atoms with Gasteiger partial charge in [-0.1, -0.05) is 6.92 Å². The Balaban J connectivity index is 1.70. The van der Waals surface area contributed by atoms with Gasteiger partial charge in [0.1, 0.15) is 6.33 Å². The van der Waals surface area contributed by atoms with Crippen LogP contribution >= 0.6 is 11.8 Å². The monoisotopic (exact) mass is 264 g/mol. The molecule has 4 nitrogen and oxygen atoms in total. The Hall–Kier alpha value is -0.970. The smallest absolute Gasteiger partial charge is 0.175 e. The average Bonchev–Trinajstić information content (AvgIpc) is 2.93. The summed E-state index contributed by atoms with van der Waals surface area (Å²) in [5.74, 6) is 2.18. The Labute approximate surface area is 112 Å². The van der Waals surface area contributed by atoms with Gasteiger partial charge in [0.15, 0.2) is 5.82 Å². The zero-order valence-corrected chi connectivity index (χ0v) is 11.9. The van der Waals surface area contributed by atoms with Gasteiger partial charge in [-0.15, -0.1) is 0 Å². The number of hydrogen-bond donors (Lipinski definition) is 0. The highest BCUT2D eigenvalue weighted by Crippen LogP contribution is 2.34. The van der Waals surface area contributed by atoms with E-state index in [9.17, 15) is 0 Å². The number of nitrogens with zero attached hydrogens (tertiary/aromatic N) is 4. The number of hydrogen-bond acceptors (Lipinski definition) is 4. The third-order valence-electron chi connectivity index (χ3n) is 4.07. The number of aliphatic imine (C=N–C) groups is 1. The van der Waals surface area contributed by atoms with Crippen LogP contribution in [0, 0.1) is 5.41 Å². The Morgan fingerprint density at radius 1 is 1.39 bits per heavy atom. The van der Waals surface area contributed by atoms with Crippen molar-refractivity contribution in [3.8, 4) is 0 Å². The first-order chi connectivity index (χ1) is 8.72. The van der Waals surface area contributed by atoms with Gasteiger partial charge < -0.3 is 5.01 Å². The summed E-state index contributed by atoms with van der Waals surface area (Å²) in [7, 11) is 0. The molecular weight excluding hydrogens is 244 g/mol. The topological polar surface area (TPSA) is 33.4 Å². The van der Waals surface area contributed by atoms with Gasteiger partial charge in [0.05, 0.1) is 5.69 Å². The van der Waals surface area contributed by atoms with Crippen molar-refractivity contribution in [3.63, 3.8) is 0 Å². The fourth-order valence-electron chi connectivity index (χ4n) is 2.85. The van der Waals surface area contributed by atoms with Crippen molar-refractivity contribution >= 4 is 23.8 Å². The third-order valence-corrected chi connectivity index (χ3v) is 5.05. The van der Waals surface area contributed by atoms with Crippen LogP contribution in [0.4, 0.5) is 5.82 Å². The minimum Gasteiger partial charge on any atom is -0.312 e. The first-order valence-corrected chi connectivity index (χ1v) is 7.94. The van der Waals surface area contributed by atoms with E-state index in [4.69, 9.17) is 0 Å². The molecule has 5 heteroatoms. The minimum absolute atomic E-state index is 0.510. The zero-order chi connectivity index (χ0) is 12.6. The molecule has 18 heavy (non-hydrogen) atoms. The fourth-order valence-corrected chi connectivity index (χ4v) is 3.84. The lowest BCUT2D eigenvalue weighted by molar-refractivity contribution is 0.262. The molecule has 2 aliphatic heterocycles. The van der Waals surface area contributed by atoms with Crippen molar-refractivity contribution in [1.82, 2.24) is 9.66 Å². The second-order valence-corrected chi connectivity index (χ2v) is 6.44. The highest BCUT2D eigenvalue weighted by Gasteiger charge is 2.30. The van der Waals surface area contributed by atoms with Crippen molar-refractivity contribution in [2.45, 2.75) is 26.2 Å². The van der Waals surface area contributed by atoms with Crippen LogP contribution in [-0.4, -0.2) is 41.0 Å². The lowest BCUT2D eigenvalue weighted by Gasteiger charge is -2.40. The molecule has 0 saturated carbocycles. The van der Waals surface area contributed by atoms with Gasteiger partial charge in [0, 0.05) is 25.7 Å². The second kappa shape index (κ2) is 4.61. The van der Waals surface area contributed by atoms with Crippen molar-refractivity contribution < 1.29 is 0 Å². The fraction of sp³-hybridized carbons (Fsp3) is 0.692. The third kappa shape index (κ3) is 2.05. The van der Waals surface area contributed by atoms with Crippen LogP contribution in [0.1, 0.15) is 25.5 Å². The Bertz CT molecular complexity index is 458. The summed E-state index contributed by atoms with van der Waals surface area (Å²) < 4.78 is 2.22. The van der Waals surface area contributed by atoms with E-state index in [1.807, 2.05) is 24.3 Å². The summed E-state index contributed by atoms with van der Waals surface area (Å²) in [5.41, 5.74) is 1.76. The van der Waals surface area contributed by atoms with Crippen molar-refractivity contribution in [2.75, 3.05) is 30.1 Å². The first-order valence-electron chi connectivity index (χ1n) is 6.55. The van der Waals surface area contributed by atoms with Gasteiger partial charge in [-0.2, -0.15) is 11.8 Å². The molecule has 2 aliphatic rings. The molecule has 0 aromatic carbocycles. The minimum atomic E-state index is 0.510. The van der Waals surface area contributed by atoms with Crippen LogP contribution in [0.3, 0.4) is 0 Å². The predicted molar refractivity (Wildman–Crippen MR) is 77.8 cm³/mol. The Kier molecular flexibility index (Phi) is 3.09. The van der Waals surface area contributed by atoms with E-state index in [-0.39, 0.29) is 0 Å². The Morgan fingerprint density at radius 3 is 2.89 bits per heavy atom. The van der Waals surface area contributed by atoms with E-state index in [0.29, 0.717) is 5.41 Å². The molecule has 0 radical (unpaired) electrons. The van der Waals surface area contributed by atoms with E-state index in [1.54, 1.807) is 0 Å². The molecule has 3 rings (SSSR count). The van der Waals surface area contributed by atoms with Crippen molar-refractivity contribution in [3.05, 3.63) is 12.0 Å². The van der Waals surface area contributed by atoms with Gasteiger partial charge >= 0.3 is 0 Å². The second-order valence-electron chi connectivity index (χ2n) is 5.57. The van der Waals surface area contributed by atoms with E-state index in [1.165, 1.54) is 24.3 Å². The molecule has 1 aromatic heterocycles. The lowest BCUT2D eigenvalue weighted by Crippen LogP contribution is -2.46. The van der Waals surface area contributed by atoms with E-state index in [2.05, 4.69) is 32.8 Å². The van der Waals surface area contributed by atoms with Crippen LogP contribution in [0.5, 0.6) is 0 Å². The van der Waals surface area contributed by atoms with E-state index in [0.717, 1.165) is 25.3 Å². The lowest BCUT2D eigenvalue weighted by atomic mass is 9.83. The maximum absolute atomic E-state index is 4.36. The molecule has 0 atom stereocenters. The highest BCUT2D eigenvalue weighted by molar-refractivity contribution is 7.98. The van der Waals surface area contributed by atoms with Gasteiger partial charge in [-0.3, -0.25) is 0 Å². The predicted octanol–water partition coefficient (Wildman–Crippen LogP) is 2.24. The highest BCUT2D eigenvalue weighted by atomic mass is 32.2. The molecular formula is C13H20N4S. The molecule has 3 heterocycles.